The van der Waals surface area contributed by atoms with Crippen molar-refractivity contribution in [1.82, 2.24) is 4.57 Å². The highest BCUT2D eigenvalue weighted by atomic mass is 16.7. The standard InChI is InChI=1S/C17H14N2O3/c1-19-14-5-3-2-4-12(14)13(17(19)20)9-18-11-6-7-15-16(8-11)22-10-21-15/h2-9,20H,10H2,1H3. The number of hydrogen-bond donors (Lipinski definition) is 1. The van der Waals surface area contributed by atoms with Crippen LogP contribution in [0.15, 0.2) is 47.5 Å². The van der Waals surface area contributed by atoms with Crippen molar-refractivity contribution in [3.63, 3.8) is 0 Å². The Morgan fingerprint density at radius 3 is 2.86 bits per heavy atom. The Hall–Kier alpha value is -2.95. The molecule has 2 heterocycles. The van der Waals surface area contributed by atoms with Crippen molar-refractivity contribution in [2.24, 2.45) is 12.0 Å². The lowest BCUT2D eigenvalue weighted by molar-refractivity contribution is 0.174. The van der Waals surface area contributed by atoms with E-state index in [1.807, 2.05) is 49.5 Å². The van der Waals surface area contributed by atoms with Crippen molar-refractivity contribution in [1.29, 1.82) is 0 Å². The number of aromatic hydroxyl groups is 1. The second-order valence-corrected chi connectivity index (χ2v) is 5.11. The molecule has 0 unspecified atom stereocenters. The number of aliphatic imine (C=N–C) groups is 1. The van der Waals surface area contributed by atoms with E-state index in [0.717, 1.165) is 22.3 Å². The number of aromatic nitrogens is 1. The molecule has 0 aliphatic carbocycles. The Bertz CT molecular complexity index is 896. The van der Waals surface area contributed by atoms with Crippen LogP contribution in [0.25, 0.3) is 10.9 Å². The number of benzene rings is 2. The smallest absolute Gasteiger partial charge is 0.231 e. The fraction of sp³-hybridized carbons (Fsp3) is 0.118. The monoisotopic (exact) mass is 294 g/mol. The first kappa shape index (κ1) is 12.8. The quantitative estimate of drug-likeness (QED) is 0.737. The summed E-state index contributed by atoms with van der Waals surface area (Å²) in [7, 11) is 1.83. The van der Waals surface area contributed by atoms with Crippen LogP contribution in [-0.4, -0.2) is 22.7 Å². The third-order valence-electron chi connectivity index (χ3n) is 3.81. The van der Waals surface area contributed by atoms with Gasteiger partial charge in [0.15, 0.2) is 11.5 Å². The first-order valence-corrected chi connectivity index (χ1v) is 6.94. The van der Waals surface area contributed by atoms with Crippen LogP contribution in [0.1, 0.15) is 5.56 Å². The molecule has 5 heteroatoms. The Morgan fingerprint density at radius 1 is 1.14 bits per heavy atom. The van der Waals surface area contributed by atoms with Gasteiger partial charge in [-0.2, -0.15) is 0 Å². The molecule has 1 N–H and O–H groups in total. The van der Waals surface area contributed by atoms with Crippen molar-refractivity contribution in [2.75, 3.05) is 6.79 Å². The maximum absolute atomic E-state index is 10.3. The van der Waals surface area contributed by atoms with Gasteiger partial charge in [0.1, 0.15) is 0 Å². The molecule has 0 spiro atoms. The largest absolute Gasteiger partial charge is 0.494 e. The van der Waals surface area contributed by atoms with E-state index in [1.165, 1.54) is 0 Å². The first-order valence-electron chi connectivity index (χ1n) is 6.94. The van der Waals surface area contributed by atoms with Crippen LogP contribution in [0.4, 0.5) is 5.69 Å². The predicted molar refractivity (Wildman–Crippen MR) is 84.4 cm³/mol. The van der Waals surface area contributed by atoms with Gasteiger partial charge in [0.05, 0.1) is 16.8 Å². The maximum atomic E-state index is 10.3. The van der Waals surface area contributed by atoms with E-state index in [0.29, 0.717) is 11.3 Å². The summed E-state index contributed by atoms with van der Waals surface area (Å²) in [4.78, 5) is 4.44. The molecule has 0 saturated heterocycles. The van der Waals surface area contributed by atoms with Gasteiger partial charge in [-0.1, -0.05) is 18.2 Å². The second kappa shape index (κ2) is 4.80. The predicted octanol–water partition coefficient (Wildman–Crippen LogP) is 3.36. The third kappa shape index (κ3) is 1.90. The SMILES string of the molecule is Cn1c(O)c(C=Nc2ccc3c(c2)OCO3)c2ccccc21. The molecular weight excluding hydrogens is 280 g/mol. The van der Waals surface area contributed by atoms with Crippen LogP contribution in [0.2, 0.25) is 0 Å². The highest BCUT2D eigenvalue weighted by Gasteiger charge is 2.14. The first-order chi connectivity index (χ1) is 10.7. The van der Waals surface area contributed by atoms with Crippen LogP contribution in [0.5, 0.6) is 17.4 Å². The van der Waals surface area contributed by atoms with E-state index in [2.05, 4.69) is 4.99 Å². The van der Waals surface area contributed by atoms with Crippen LogP contribution in [0.3, 0.4) is 0 Å². The summed E-state index contributed by atoms with van der Waals surface area (Å²) in [5.41, 5.74) is 2.42. The van der Waals surface area contributed by atoms with Crippen molar-refractivity contribution in [3.05, 3.63) is 48.0 Å². The average Bonchev–Trinajstić information content (AvgIpc) is 3.10. The topological polar surface area (TPSA) is 56.0 Å². The average molecular weight is 294 g/mol. The van der Waals surface area contributed by atoms with E-state index in [1.54, 1.807) is 10.8 Å². The summed E-state index contributed by atoms with van der Waals surface area (Å²) in [6.45, 7) is 0.243. The minimum Gasteiger partial charge on any atom is -0.494 e. The van der Waals surface area contributed by atoms with Crippen LogP contribution in [0, 0.1) is 0 Å². The molecule has 0 saturated carbocycles. The number of nitrogens with zero attached hydrogens (tertiary/aromatic N) is 2. The van der Waals surface area contributed by atoms with Gasteiger partial charge >= 0.3 is 0 Å². The molecule has 0 amide bonds. The number of aryl methyl sites for hydroxylation is 1. The van der Waals surface area contributed by atoms with Gasteiger partial charge in [-0.3, -0.25) is 4.99 Å². The highest BCUT2D eigenvalue weighted by molar-refractivity contribution is 6.03. The molecule has 3 aromatic rings. The summed E-state index contributed by atoms with van der Waals surface area (Å²) in [5, 5.41) is 11.2. The molecule has 1 aromatic heterocycles. The summed E-state index contributed by atoms with van der Waals surface area (Å²) >= 11 is 0. The van der Waals surface area contributed by atoms with E-state index >= 15 is 0 Å². The van der Waals surface area contributed by atoms with Gasteiger partial charge in [-0.15, -0.1) is 0 Å². The second-order valence-electron chi connectivity index (χ2n) is 5.11. The third-order valence-corrected chi connectivity index (χ3v) is 3.81. The van der Waals surface area contributed by atoms with E-state index < -0.39 is 0 Å². The fourth-order valence-electron chi connectivity index (χ4n) is 2.64. The molecule has 4 rings (SSSR count). The number of fused-ring (bicyclic) bond motifs is 2. The molecule has 0 radical (unpaired) electrons. The van der Waals surface area contributed by atoms with Crippen molar-refractivity contribution >= 4 is 22.8 Å². The molecule has 5 nitrogen and oxygen atoms in total. The van der Waals surface area contributed by atoms with Crippen molar-refractivity contribution < 1.29 is 14.6 Å². The molecule has 0 bridgehead atoms. The Kier molecular flexibility index (Phi) is 2.79. The normalized spacial score (nSPS) is 13.3. The molecule has 1 aliphatic rings. The van der Waals surface area contributed by atoms with Crippen LogP contribution < -0.4 is 9.47 Å². The van der Waals surface area contributed by atoms with Crippen molar-refractivity contribution in [2.45, 2.75) is 0 Å². The van der Waals surface area contributed by atoms with Gasteiger partial charge in [0, 0.05) is 24.7 Å². The molecule has 110 valence electrons. The van der Waals surface area contributed by atoms with Gasteiger partial charge in [0.25, 0.3) is 0 Å². The zero-order chi connectivity index (χ0) is 15.1. The van der Waals surface area contributed by atoms with Gasteiger partial charge < -0.3 is 19.1 Å². The minimum absolute atomic E-state index is 0.200. The van der Waals surface area contributed by atoms with E-state index in [4.69, 9.17) is 9.47 Å². The molecular formula is C17H14N2O3. The van der Waals surface area contributed by atoms with Crippen LogP contribution in [-0.2, 0) is 7.05 Å². The fourth-order valence-corrected chi connectivity index (χ4v) is 2.64. The van der Waals surface area contributed by atoms with E-state index in [-0.39, 0.29) is 12.7 Å². The van der Waals surface area contributed by atoms with Gasteiger partial charge in [-0.25, -0.2) is 0 Å². The summed E-state index contributed by atoms with van der Waals surface area (Å²) in [6, 6.07) is 13.3. The summed E-state index contributed by atoms with van der Waals surface area (Å²) < 4.78 is 12.4. The molecule has 22 heavy (non-hydrogen) atoms. The zero-order valence-electron chi connectivity index (χ0n) is 12.0. The molecule has 2 aromatic carbocycles. The van der Waals surface area contributed by atoms with Gasteiger partial charge in [0.2, 0.25) is 12.7 Å². The lowest BCUT2D eigenvalue weighted by atomic mass is 10.2. The highest BCUT2D eigenvalue weighted by Crippen LogP contribution is 2.35. The van der Waals surface area contributed by atoms with Gasteiger partial charge in [-0.05, 0) is 18.2 Å². The minimum atomic E-state index is 0.200. The summed E-state index contributed by atoms with van der Waals surface area (Å²) in [5.74, 6) is 1.62. The molecule has 1 aliphatic heterocycles. The lowest BCUT2D eigenvalue weighted by Gasteiger charge is -1.98. The zero-order valence-corrected chi connectivity index (χ0v) is 12.0. The number of ether oxygens (including phenoxy) is 2. The Morgan fingerprint density at radius 2 is 1.95 bits per heavy atom. The number of para-hydroxylation sites is 1. The molecule has 0 fully saturated rings. The van der Waals surface area contributed by atoms with Crippen LogP contribution >= 0.6 is 0 Å². The maximum Gasteiger partial charge on any atom is 0.231 e. The summed E-state index contributed by atoms with van der Waals surface area (Å²) in [6.07, 6.45) is 1.68. The Balaban J connectivity index is 1.76. The lowest BCUT2D eigenvalue weighted by Crippen LogP contribution is -1.92. The van der Waals surface area contributed by atoms with Crippen molar-refractivity contribution in [3.8, 4) is 17.4 Å². The number of hydrogen-bond acceptors (Lipinski definition) is 4. The molecule has 0 atom stereocenters. The number of rotatable bonds is 2. The Labute approximate surface area is 127 Å². The van der Waals surface area contributed by atoms with E-state index in [9.17, 15) is 5.11 Å².